The first-order chi connectivity index (χ1) is 18.2. The van der Waals surface area contributed by atoms with Crippen molar-refractivity contribution in [2.75, 3.05) is 0 Å². The second kappa shape index (κ2) is 8.70. The number of carboxylic acids is 4. The van der Waals surface area contributed by atoms with Crippen LogP contribution in [-0.4, -0.2) is 44.3 Å². The van der Waals surface area contributed by atoms with E-state index < -0.39 is 45.8 Å². The number of fused-ring (bicyclic) bond motifs is 2. The number of carbonyl (C=O) groups is 4. The zero-order valence-electron chi connectivity index (χ0n) is 19.7. The van der Waals surface area contributed by atoms with E-state index in [0.717, 1.165) is 12.1 Å². The molecule has 0 aliphatic heterocycles. The van der Waals surface area contributed by atoms with Crippen LogP contribution >= 0.6 is 0 Å². The standard InChI is InChI=1S/C30H20O8/c31-25(32)19-15-23-24(16-20(19)26(33)34)30(28(37)38,18-11-5-2-6-12-18)22-14-8-7-13-21(22)29(23,27(35)36)17-9-3-1-4-10-17/h1-16H,(H,31,32)(H,33,34)(H,35,36)(H,37,38). The van der Waals surface area contributed by atoms with Gasteiger partial charge in [-0.3, -0.25) is 9.59 Å². The Balaban J connectivity index is 2.12. The van der Waals surface area contributed by atoms with Gasteiger partial charge in [0.05, 0.1) is 11.1 Å². The molecule has 1 aliphatic carbocycles. The summed E-state index contributed by atoms with van der Waals surface area (Å²) in [6.07, 6.45) is 0. The maximum atomic E-state index is 13.4. The van der Waals surface area contributed by atoms with Gasteiger partial charge in [0.1, 0.15) is 10.8 Å². The first-order valence-electron chi connectivity index (χ1n) is 11.5. The largest absolute Gasteiger partial charge is 0.480 e. The minimum Gasteiger partial charge on any atom is -0.480 e. The molecule has 2 atom stereocenters. The van der Waals surface area contributed by atoms with E-state index in [1.165, 1.54) is 12.1 Å². The lowest BCUT2D eigenvalue weighted by Gasteiger charge is -2.46. The first kappa shape index (κ1) is 24.5. The number of benzene rings is 4. The fraction of sp³-hybridized carbons (Fsp3) is 0.0667. The molecule has 0 saturated heterocycles. The smallest absolute Gasteiger partial charge is 0.336 e. The Morgan fingerprint density at radius 1 is 0.447 bits per heavy atom. The SMILES string of the molecule is O=C(O)c1cc2c(cc1C(=O)O)C(C(=O)O)(c1ccccc1)c1ccccc1C2(C(=O)O)c1ccccc1. The maximum absolute atomic E-state index is 13.4. The minimum absolute atomic E-state index is 0.136. The van der Waals surface area contributed by atoms with Gasteiger partial charge in [0.15, 0.2) is 0 Å². The predicted octanol–water partition coefficient (Wildman–Crippen LogP) is 4.23. The summed E-state index contributed by atoms with van der Waals surface area (Å²) >= 11 is 0. The van der Waals surface area contributed by atoms with Crippen molar-refractivity contribution in [1.82, 2.24) is 0 Å². The van der Waals surface area contributed by atoms with Crippen LogP contribution in [0.15, 0.2) is 97.1 Å². The average Bonchev–Trinajstić information content (AvgIpc) is 2.91. The van der Waals surface area contributed by atoms with Crippen LogP contribution in [0, 0.1) is 0 Å². The number of hydrogen-bond acceptors (Lipinski definition) is 4. The van der Waals surface area contributed by atoms with Gasteiger partial charge in [-0.2, -0.15) is 0 Å². The molecule has 4 aromatic carbocycles. The predicted molar refractivity (Wildman–Crippen MR) is 135 cm³/mol. The summed E-state index contributed by atoms with van der Waals surface area (Å²) in [4.78, 5) is 51.2. The van der Waals surface area contributed by atoms with Gasteiger partial charge in [0, 0.05) is 0 Å². The van der Waals surface area contributed by atoms with E-state index in [0.29, 0.717) is 0 Å². The van der Waals surface area contributed by atoms with Crippen LogP contribution in [0.5, 0.6) is 0 Å². The molecule has 1 aliphatic rings. The molecule has 0 spiro atoms. The lowest BCUT2D eigenvalue weighted by atomic mass is 9.53. The topological polar surface area (TPSA) is 149 Å². The van der Waals surface area contributed by atoms with Gasteiger partial charge < -0.3 is 20.4 Å². The fourth-order valence-corrected chi connectivity index (χ4v) is 5.71. The Morgan fingerprint density at radius 3 is 1.05 bits per heavy atom. The van der Waals surface area contributed by atoms with Gasteiger partial charge in [0.25, 0.3) is 0 Å². The maximum Gasteiger partial charge on any atom is 0.336 e. The third-order valence-electron chi connectivity index (χ3n) is 7.22. The lowest BCUT2D eigenvalue weighted by Crippen LogP contribution is -2.51. The quantitative estimate of drug-likeness (QED) is 0.302. The van der Waals surface area contributed by atoms with Crippen molar-refractivity contribution in [3.8, 4) is 0 Å². The van der Waals surface area contributed by atoms with Crippen LogP contribution in [0.2, 0.25) is 0 Å². The molecule has 38 heavy (non-hydrogen) atoms. The van der Waals surface area contributed by atoms with E-state index >= 15 is 0 Å². The molecule has 4 N–H and O–H groups in total. The highest BCUT2D eigenvalue weighted by atomic mass is 16.4. The summed E-state index contributed by atoms with van der Waals surface area (Å²) in [6, 6.07) is 24.4. The normalized spacial score (nSPS) is 19.6. The second-order valence-electron chi connectivity index (χ2n) is 8.94. The average molecular weight is 508 g/mol. The molecular weight excluding hydrogens is 488 g/mol. The summed E-state index contributed by atoms with van der Waals surface area (Å²) in [5.41, 5.74) is -4.86. The number of hydrogen-bond donors (Lipinski definition) is 4. The van der Waals surface area contributed by atoms with Crippen molar-refractivity contribution in [3.63, 3.8) is 0 Å². The Kier molecular flexibility index (Phi) is 5.60. The van der Waals surface area contributed by atoms with E-state index in [9.17, 15) is 39.6 Å². The molecular formula is C30H20O8. The van der Waals surface area contributed by atoms with Crippen LogP contribution in [0.4, 0.5) is 0 Å². The molecule has 0 heterocycles. The van der Waals surface area contributed by atoms with E-state index in [1.807, 2.05) is 0 Å². The first-order valence-corrected chi connectivity index (χ1v) is 11.5. The summed E-state index contributed by atoms with van der Waals surface area (Å²) in [6.45, 7) is 0. The molecule has 0 amide bonds. The lowest BCUT2D eigenvalue weighted by molar-refractivity contribution is -0.143. The molecule has 8 nitrogen and oxygen atoms in total. The highest BCUT2D eigenvalue weighted by Gasteiger charge is 2.59. The molecule has 188 valence electrons. The highest BCUT2D eigenvalue weighted by molar-refractivity contribution is 6.06. The molecule has 5 rings (SSSR count). The Bertz CT molecular complexity index is 1510. The zero-order chi connectivity index (χ0) is 27.2. The third-order valence-corrected chi connectivity index (χ3v) is 7.22. The highest BCUT2D eigenvalue weighted by Crippen LogP contribution is 2.56. The number of carboxylic acid groups (broad SMARTS) is 4. The number of aromatic carboxylic acids is 2. The molecule has 2 unspecified atom stereocenters. The van der Waals surface area contributed by atoms with Crippen molar-refractivity contribution in [1.29, 1.82) is 0 Å². The molecule has 4 aromatic rings. The van der Waals surface area contributed by atoms with Gasteiger partial charge in [-0.1, -0.05) is 84.9 Å². The zero-order valence-corrected chi connectivity index (χ0v) is 19.7. The van der Waals surface area contributed by atoms with Gasteiger partial charge in [0.2, 0.25) is 0 Å². The van der Waals surface area contributed by atoms with E-state index in [4.69, 9.17) is 0 Å². The molecule has 0 fully saturated rings. The van der Waals surface area contributed by atoms with E-state index in [1.54, 1.807) is 72.8 Å². The van der Waals surface area contributed by atoms with E-state index in [2.05, 4.69) is 0 Å². The van der Waals surface area contributed by atoms with Crippen molar-refractivity contribution in [2.24, 2.45) is 0 Å². The summed E-state index contributed by atoms with van der Waals surface area (Å²) < 4.78 is 0. The number of aliphatic carboxylic acids is 2. The molecule has 0 aromatic heterocycles. The van der Waals surface area contributed by atoms with Gasteiger partial charge in [-0.25, -0.2) is 9.59 Å². The molecule has 8 heteroatoms. The molecule has 0 bridgehead atoms. The van der Waals surface area contributed by atoms with Crippen LogP contribution in [0.3, 0.4) is 0 Å². The van der Waals surface area contributed by atoms with Crippen LogP contribution in [0.1, 0.15) is 54.1 Å². The Hall–Kier alpha value is -5.24. The Labute approximate surface area is 216 Å². The van der Waals surface area contributed by atoms with Crippen molar-refractivity contribution in [3.05, 3.63) is 142 Å². The molecule has 0 radical (unpaired) electrons. The molecule has 0 saturated carbocycles. The van der Waals surface area contributed by atoms with Gasteiger partial charge >= 0.3 is 23.9 Å². The summed E-state index contributed by atoms with van der Waals surface area (Å²) in [5, 5.41) is 41.7. The number of rotatable bonds is 6. The third kappa shape index (κ3) is 3.10. The fourth-order valence-electron chi connectivity index (χ4n) is 5.71. The Morgan fingerprint density at radius 2 is 0.763 bits per heavy atom. The van der Waals surface area contributed by atoms with Crippen LogP contribution in [0.25, 0.3) is 0 Å². The van der Waals surface area contributed by atoms with Crippen LogP contribution < -0.4 is 0 Å². The van der Waals surface area contributed by atoms with Crippen molar-refractivity contribution < 1.29 is 39.6 Å². The summed E-state index contributed by atoms with van der Waals surface area (Å²) in [5.74, 6) is -5.91. The summed E-state index contributed by atoms with van der Waals surface area (Å²) in [7, 11) is 0. The van der Waals surface area contributed by atoms with Crippen LogP contribution in [-0.2, 0) is 20.4 Å². The van der Waals surface area contributed by atoms with Gasteiger partial charge in [-0.15, -0.1) is 0 Å². The second-order valence-corrected chi connectivity index (χ2v) is 8.94. The van der Waals surface area contributed by atoms with Gasteiger partial charge in [-0.05, 0) is 45.5 Å². The monoisotopic (exact) mass is 508 g/mol. The van der Waals surface area contributed by atoms with E-state index in [-0.39, 0.29) is 33.4 Å². The van der Waals surface area contributed by atoms with Crippen molar-refractivity contribution >= 4 is 23.9 Å². The van der Waals surface area contributed by atoms with Crippen molar-refractivity contribution in [2.45, 2.75) is 10.8 Å². The minimum atomic E-state index is -2.04.